The van der Waals surface area contributed by atoms with Crippen LogP contribution in [0, 0.1) is 5.82 Å². The maximum atomic E-state index is 14.0. The summed E-state index contributed by atoms with van der Waals surface area (Å²) in [5.74, 6) is 0.285. The number of hydrogen-bond donors (Lipinski definition) is 2. The molecule has 0 fully saturated rings. The highest BCUT2D eigenvalue weighted by Crippen LogP contribution is 2.42. The minimum Gasteiger partial charge on any atom is -0.479 e. The van der Waals surface area contributed by atoms with Crippen molar-refractivity contribution in [2.45, 2.75) is 31.2 Å². The molecule has 1 aromatic carbocycles. The van der Waals surface area contributed by atoms with Crippen molar-refractivity contribution < 1.29 is 23.7 Å². The molecule has 0 amide bonds. The zero-order valence-corrected chi connectivity index (χ0v) is 17.2. The Morgan fingerprint density at radius 2 is 2.03 bits per heavy atom. The first-order chi connectivity index (χ1) is 14.4. The molecule has 3 rings (SSSR count). The zero-order valence-electron chi connectivity index (χ0n) is 17.2. The average molecular weight is 419 g/mol. The first kappa shape index (κ1) is 21.9. The van der Waals surface area contributed by atoms with Crippen molar-refractivity contribution in [3.63, 3.8) is 0 Å². The van der Waals surface area contributed by atoms with E-state index in [0.29, 0.717) is 23.7 Å². The second-order valence-corrected chi connectivity index (χ2v) is 7.09. The molecule has 2 N–H and O–H groups in total. The number of halogens is 1. The second-order valence-electron chi connectivity index (χ2n) is 7.09. The van der Waals surface area contributed by atoms with Gasteiger partial charge in [0, 0.05) is 25.8 Å². The second kappa shape index (κ2) is 9.38. The van der Waals surface area contributed by atoms with E-state index in [2.05, 4.69) is 10.4 Å². The topological polar surface area (TPSA) is 94.8 Å². The van der Waals surface area contributed by atoms with Crippen LogP contribution in [-0.2, 0) is 16.0 Å². The Morgan fingerprint density at radius 1 is 1.30 bits per heavy atom. The number of hydrogen-bond acceptors (Lipinski definition) is 7. The molecule has 1 aliphatic heterocycles. The first-order valence-corrected chi connectivity index (χ1v) is 9.54. The number of fused-ring (bicyclic) bond motifs is 1. The third-order valence-electron chi connectivity index (χ3n) is 4.94. The summed E-state index contributed by atoms with van der Waals surface area (Å²) < 4.78 is 31.9. The third-order valence-corrected chi connectivity index (χ3v) is 4.94. The van der Waals surface area contributed by atoms with Crippen LogP contribution in [0.15, 0.2) is 47.3 Å². The van der Waals surface area contributed by atoms with Crippen molar-refractivity contribution in [1.29, 1.82) is 0 Å². The molecule has 0 saturated carbocycles. The first-order valence-electron chi connectivity index (χ1n) is 9.54. The van der Waals surface area contributed by atoms with E-state index in [4.69, 9.17) is 14.2 Å². The summed E-state index contributed by atoms with van der Waals surface area (Å²) in [6.07, 6.45) is 2.46. The molecule has 0 spiro atoms. The van der Waals surface area contributed by atoms with Crippen LogP contribution in [0.3, 0.4) is 0 Å². The Labute approximate surface area is 173 Å². The van der Waals surface area contributed by atoms with Crippen LogP contribution >= 0.6 is 0 Å². The lowest BCUT2D eigenvalue weighted by Gasteiger charge is -2.45. The summed E-state index contributed by atoms with van der Waals surface area (Å²) >= 11 is 0. The lowest BCUT2D eigenvalue weighted by Crippen LogP contribution is -2.60. The highest BCUT2D eigenvalue weighted by atomic mass is 19.1. The van der Waals surface area contributed by atoms with E-state index in [9.17, 15) is 14.3 Å². The van der Waals surface area contributed by atoms with Crippen molar-refractivity contribution in [3.8, 4) is 5.75 Å². The number of nitrogens with one attached hydrogen (secondary N) is 1. The van der Waals surface area contributed by atoms with Crippen LogP contribution in [0.5, 0.6) is 5.75 Å². The van der Waals surface area contributed by atoms with Crippen molar-refractivity contribution in [2.75, 3.05) is 32.8 Å². The summed E-state index contributed by atoms with van der Waals surface area (Å²) in [4.78, 5) is 12.0. The molecule has 30 heavy (non-hydrogen) atoms. The van der Waals surface area contributed by atoms with Gasteiger partial charge in [-0.1, -0.05) is 12.2 Å². The van der Waals surface area contributed by atoms with E-state index < -0.39 is 23.6 Å². The van der Waals surface area contributed by atoms with Crippen molar-refractivity contribution in [2.24, 2.45) is 0 Å². The van der Waals surface area contributed by atoms with Crippen LogP contribution in [0.25, 0.3) is 0 Å². The maximum absolute atomic E-state index is 14.0. The molecule has 162 valence electrons. The highest BCUT2D eigenvalue weighted by molar-refractivity contribution is 5.47. The van der Waals surface area contributed by atoms with Crippen LogP contribution in [0.1, 0.15) is 18.5 Å². The number of allylic oxidation sites excluding steroid dienone is 2. The monoisotopic (exact) mass is 419 g/mol. The van der Waals surface area contributed by atoms with Crippen molar-refractivity contribution in [1.82, 2.24) is 9.78 Å². The van der Waals surface area contributed by atoms with Gasteiger partial charge in [0.15, 0.2) is 5.60 Å². The Morgan fingerprint density at radius 3 is 2.70 bits per heavy atom. The molecule has 2 atom stereocenters. The van der Waals surface area contributed by atoms with Crippen LogP contribution in [0.2, 0.25) is 0 Å². The number of nitrogens with zero attached hydrogens (tertiary/aromatic N) is 2. The lowest BCUT2D eigenvalue weighted by molar-refractivity contribution is -0.142. The van der Waals surface area contributed by atoms with Crippen LogP contribution in [0.4, 0.5) is 10.2 Å². The van der Waals surface area contributed by atoms with Gasteiger partial charge in [0.2, 0.25) is 0 Å². The molecule has 1 aliphatic rings. The Balaban J connectivity index is 2.03. The van der Waals surface area contributed by atoms with Gasteiger partial charge in [0.05, 0.1) is 25.8 Å². The molecule has 8 nitrogen and oxygen atoms in total. The number of aliphatic hydroxyl groups is 1. The predicted octanol–water partition coefficient (Wildman–Crippen LogP) is 1.90. The van der Waals surface area contributed by atoms with Gasteiger partial charge in [-0.05, 0) is 31.2 Å². The fourth-order valence-electron chi connectivity index (χ4n) is 3.55. The molecular weight excluding hydrogens is 393 g/mol. The molecule has 2 aromatic rings. The van der Waals surface area contributed by atoms with Gasteiger partial charge in [-0.2, -0.15) is 5.10 Å². The van der Waals surface area contributed by atoms with Gasteiger partial charge in [-0.3, -0.25) is 4.79 Å². The molecule has 2 heterocycles. The largest absolute Gasteiger partial charge is 0.479 e. The van der Waals surface area contributed by atoms with E-state index >= 15 is 0 Å². The van der Waals surface area contributed by atoms with E-state index in [-0.39, 0.29) is 18.8 Å². The standard InChI is InChI=1S/C21H26FN3O5/c1-4-5-10-25-18(26)9-8-17(24-25)23-19-15-11-14(22)6-7-16(15)30-21(12-28-2,13-29-3)20(19)27/h4-9,11,19-20,27H,10,12-13H2,1-3H3,(H,23,24)/t19-,20+/m1/s1. The predicted molar refractivity (Wildman–Crippen MR) is 109 cm³/mol. The Bertz CT molecular complexity index is 956. The van der Waals surface area contributed by atoms with E-state index in [1.807, 2.05) is 13.0 Å². The summed E-state index contributed by atoms with van der Waals surface area (Å²) in [5.41, 5.74) is -1.05. The number of anilines is 1. The van der Waals surface area contributed by atoms with Gasteiger partial charge in [-0.25, -0.2) is 9.07 Å². The van der Waals surface area contributed by atoms with E-state index in [0.717, 1.165) is 0 Å². The molecular formula is C21H26FN3O5. The number of aliphatic hydroxyl groups excluding tert-OH is 1. The number of methoxy groups -OCH3 is 2. The third kappa shape index (κ3) is 4.38. The summed E-state index contributed by atoms with van der Waals surface area (Å²) in [6, 6.07) is 6.21. The summed E-state index contributed by atoms with van der Waals surface area (Å²) in [7, 11) is 2.99. The molecule has 0 bridgehead atoms. The fraction of sp³-hybridized carbons (Fsp3) is 0.429. The summed E-state index contributed by atoms with van der Waals surface area (Å²) in [6.45, 7) is 2.25. The van der Waals surface area contributed by atoms with Crippen LogP contribution < -0.4 is 15.6 Å². The Hall–Kier alpha value is -2.75. The van der Waals surface area contributed by atoms with Crippen LogP contribution in [-0.4, -0.2) is 54.0 Å². The van der Waals surface area contributed by atoms with Crippen molar-refractivity contribution in [3.05, 3.63) is 64.2 Å². The van der Waals surface area contributed by atoms with Gasteiger partial charge in [0.25, 0.3) is 5.56 Å². The summed E-state index contributed by atoms with van der Waals surface area (Å²) in [5, 5.41) is 18.7. The van der Waals surface area contributed by atoms with Gasteiger partial charge in [-0.15, -0.1) is 0 Å². The van der Waals surface area contributed by atoms with E-state index in [1.54, 1.807) is 6.08 Å². The molecule has 0 aliphatic carbocycles. The van der Waals surface area contributed by atoms with E-state index in [1.165, 1.54) is 49.2 Å². The highest BCUT2D eigenvalue weighted by Gasteiger charge is 2.50. The molecule has 1 aromatic heterocycles. The Kier molecular flexibility index (Phi) is 6.86. The minimum atomic E-state index is -1.22. The molecule has 0 saturated heterocycles. The van der Waals surface area contributed by atoms with Gasteiger partial charge >= 0.3 is 0 Å². The smallest absolute Gasteiger partial charge is 0.267 e. The number of aromatic nitrogens is 2. The number of rotatable bonds is 8. The van der Waals surface area contributed by atoms with Gasteiger partial charge in [0.1, 0.15) is 23.5 Å². The van der Waals surface area contributed by atoms with Gasteiger partial charge < -0.3 is 24.6 Å². The normalized spacial score (nSPS) is 20.0. The number of benzene rings is 1. The fourth-order valence-corrected chi connectivity index (χ4v) is 3.55. The SMILES string of the molecule is CC=CCn1nc(N[C@@H]2c3cc(F)ccc3OC(COC)(COC)[C@H]2O)ccc1=O. The number of ether oxygens (including phenoxy) is 3. The maximum Gasteiger partial charge on any atom is 0.267 e. The molecule has 0 unspecified atom stereocenters. The lowest BCUT2D eigenvalue weighted by atomic mass is 9.84. The average Bonchev–Trinajstić information content (AvgIpc) is 2.72. The van der Waals surface area contributed by atoms with Crippen molar-refractivity contribution >= 4 is 5.82 Å². The molecule has 9 heteroatoms. The minimum absolute atomic E-state index is 0.0468. The quantitative estimate of drug-likeness (QED) is 0.631. The molecule has 0 radical (unpaired) electrons. The zero-order chi connectivity index (χ0) is 21.7.